The maximum Gasteiger partial charge on any atom is 0.337 e. The standard InChI is InChI=1S/C6H4BrNO2S/c7-4-1-3(6(9)10)2-8-5(4)11/h1-2H,(H,8,11)(H,9,10). The molecule has 2 N–H and O–H groups in total. The first kappa shape index (κ1) is 8.42. The van der Waals surface area contributed by atoms with Gasteiger partial charge in [0.1, 0.15) is 4.64 Å². The number of hydrogen-bond donors (Lipinski definition) is 2. The number of carboxylic acids is 1. The van der Waals surface area contributed by atoms with E-state index in [-0.39, 0.29) is 5.56 Å². The van der Waals surface area contributed by atoms with Gasteiger partial charge in [0.25, 0.3) is 0 Å². The van der Waals surface area contributed by atoms with Gasteiger partial charge in [-0.1, -0.05) is 12.2 Å². The molecule has 0 saturated carbocycles. The van der Waals surface area contributed by atoms with Crippen LogP contribution in [0.2, 0.25) is 0 Å². The molecule has 0 bridgehead atoms. The van der Waals surface area contributed by atoms with Crippen LogP contribution in [0.15, 0.2) is 16.7 Å². The van der Waals surface area contributed by atoms with Crippen LogP contribution < -0.4 is 0 Å². The quantitative estimate of drug-likeness (QED) is 0.732. The van der Waals surface area contributed by atoms with E-state index < -0.39 is 5.97 Å². The third-order valence-corrected chi connectivity index (χ3v) is 2.33. The van der Waals surface area contributed by atoms with Crippen LogP contribution in [0.4, 0.5) is 0 Å². The molecule has 1 heterocycles. The molecule has 0 saturated heterocycles. The third-order valence-electron chi connectivity index (χ3n) is 1.10. The fourth-order valence-corrected chi connectivity index (χ4v) is 1.06. The number of aromatic nitrogens is 1. The Labute approximate surface area is 76.2 Å². The van der Waals surface area contributed by atoms with Crippen molar-refractivity contribution >= 4 is 34.1 Å². The predicted molar refractivity (Wildman–Crippen MR) is 46.3 cm³/mol. The molecule has 0 aromatic carbocycles. The molecule has 0 aliphatic carbocycles. The summed E-state index contributed by atoms with van der Waals surface area (Å²) in [5, 5.41) is 8.53. The molecule has 0 atom stereocenters. The van der Waals surface area contributed by atoms with Gasteiger partial charge >= 0.3 is 5.97 Å². The predicted octanol–water partition coefficient (Wildman–Crippen LogP) is 2.20. The van der Waals surface area contributed by atoms with Gasteiger partial charge in [0, 0.05) is 6.20 Å². The minimum absolute atomic E-state index is 0.186. The fraction of sp³-hybridized carbons (Fsp3) is 0. The minimum atomic E-state index is -0.975. The fourth-order valence-electron chi connectivity index (χ4n) is 0.579. The molecular formula is C6H4BrNO2S. The lowest BCUT2D eigenvalue weighted by molar-refractivity contribution is 0.0696. The molecule has 0 amide bonds. The molecule has 1 aromatic heterocycles. The Kier molecular flexibility index (Phi) is 2.41. The average molecular weight is 234 g/mol. The number of nitrogens with one attached hydrogen (secondary N) is 1. The second kappa shape index (κ2) is 3.15. The van der Waals surface area contributed by atoms with Crippen molar-refractivity contribution in [3.8, 4) is 0 Å². The van der Waals surface area contributed by atoms with Crippen LogP contribution in [0.25, 0.3) is 0 Å². The number of hydrogen-bond acceptors (Lipinski definition) is 2. The SMILES string of the molecule is O=C(O)c1c[nH]c(=S)c(Br)c1. The van der Waals surface area contributed by atoms with Crippen LogP contribution in [0.5, 0.6) is 0 Å². The number of rotatable bonds is 1. The molecule has 0 fully saturated rings. The van der Waals surface area contributed by atoms with Gasteiger partial charge < -0.3 is 10.1 Å². The van der Waals surface area contributed by atoms with E-state index in [2.05, 4.69) is 20.9 Å². The highest BCUT2D eigenvalue weighted by Crippen LogP contribution is 2.11. The Balaban J connectivity index is 3.26. The Morgan fingerprint density at radius 1 is 1.73 bits per heavy atom. The molecule has 3 nitrogen and oxygen atoms in total. The van der Waals surface area contributed by atoms with Gasteiger partial charge in [-0.3, -0.25) is 0 Å². The largest absolute Gasteiger partial charge is 0.478 e. The highest BCUT2D eigenvalue weighted by Gasteiger charge is 2.02. The highest BCUT2D eigenvalue weighted by molar-refractivity contribution is 9.10. The summed E-state index contributed by atoms with van der Waals surface area (Å²) in [4.78, 5) is 13.0. The summed E-state index contributed by atoms with van der Waals surface area (Å²) in [6.45, 7) is 0. The average Bonchev–Trinajstić information content (AvgIpc) is 1.94. The van der Waals surface area contributed by atoms with E-state index in [1.807, 2.05) is 0 Å². The van der Waals surface area contributed by atoms with Gasteiger partial charge in [0.05, 0.1) is 10.0 Å². The third kappa shape index (κ3) is 1.87. The zero-order valence-electron chi connectivity index (χ0n) is 5.30. The van der Waals surface area contributed by atoms with E-state index in [0.29, 0.717) is 9.11 Å². The lowest BCUT2D eigenvalue weighted by Crippen LogP contribution is -1.96. The Bertz CT molecular complexity index is 347. The normalized spacial score (nSPS) is 9.55. The number of aromatic amines is 1. The van der Waals surface area contributed by atoms with Gasteiger partial charge in [-0.15, -0.1) is 0 Å². The molecule has 0 spiro atoms. The van der Waals surface area contributed by atoms with Crippen molar-refractivity contribution in [3.05, 3.63) is 26.9 Å². The minimum Gasteiger partial charge on any atom is -0.478 e. The van der Waals surface area contributed by atoms with Gasteiger partial charge in [0.15, 0.2) is 0 Å². The molecule has 11 heavy (non-hydrogen) atoms. The van der Waals surface area contributed by atoms with Gasteiger partial charge in [0.2, 0.25) is 0 Å². The van der Waals surface area contributed by atoms with Crippen LogP contribution in [-0.2, 0) is 0 Å². The van der Waals surface area contributed by atoms with Crippen molar-refractivity contribution < 1.29 is 9.90 Å². The topological polar surface area (TPSA) is 53.1 Å². The smallest absolute Gasteiger partial charge is 0.337 e. The second-order valence-corrected chi connectivity index (χ2v) is 3.13. The van der Waals surface area contributed by atoms with Crippen molar-refractivity contribution in [1.29, 1.82) is 0 Å². The first-order valence-electron chi connectivity index (χ1n) is 2.73. The van der Waals surface area contributed by atoms with Crippen LogP contribution in [0, 0.1) is 4.64 Å². The number of H-pyrrole nitrogens is 1. The molecule has 0 aliphatic rings. The van der Waals surface area contributed by atoms with Gasteiger partial charge in [-0.05, 0) is 22.0 Å². The van der Waals surface area contributed by atoms with Crippen LogP contribution >= 0.6 is 28.1 Å². The number of pyridine rings is 1. The molecule has 58 valence electrons. The van der Waals surface area contributed by atoms with Crippen LogP contribution in [0.1, 0.15) is 10.4 Å². The van der Waals surface area contributed by atoms with Crippen molar-refractivity contribution in [2.45, 2.75) is 0 Å². The van der Waals surface area contributed by atoms with E-state index in [9.17, 15) is 4.79 Å². The van der Waals surface area contributed by atoms with Crippen LogP contribution in [-0.4, -0.2) is 16.1 Å². The van der Waals surface area contributed by atoms with E-state index in [0.717, 1.165) is 0 Å². The monoisotopic (exact) mass is 233 g/mol. The zero-order valence-corrected chi connectivity index (χ0v) is 7.70. The van der Waals surface area contributed by atoms with E-state index in [1.165, 1.54) is 12.3 Å². The van der Waals surface area contributed by atoms with E-state index in [4.69, 9.17) is 17.3 Å². The molecule has 0 aliphatic heterocycles. The lowest BCUT2D eigenvalue weighted by atomic mass is 10.3. The maximum atomic E-state index is 10.4. The van der Waals surface area contributed by atoms with Gasteiger partial charge in [-0.2, -0.15) is 0 Å². The van der Waals surface area contributed by atoms with Crippen LogP contribution in [0.3, 0.4) is 0 Å². The number of aromatic carboxylic acids is 1. The Morgan fingerprint density at radius 3 is 2.82 bits per heavy atom. The lowest BCUT2D eigenvalue weighted by Gasteiger charge is -1.94. The molecule has 1 aromatic rings. The second-order valence-electron chi connectivity index (χ2n) is 1.87. The molecule has 5 heteroatoms. The van der Waals surface area contributed by atoms with Gasteiger partial charge in [-0.25, -0.2) is 4.79 Å². The summed E-state index contributed by atoms with van der Waals surface area (Å²) in [6.07, 6.45) is 1.36. The Hall–Kier alpha value is -0.680. The number of halogens is 1. The summed E-state index contributed by atoms with van der Waals surface area (Å²) in [5.41, 5.74) is 0.186. The summed E-state index contributed by atoms with van der Waals surface area (Å²) in [7, 11) is 0. The summed E-state index contributed by atoms with van der Waals surface area (Å²) < 4.78 is 1.09. The van der Waals surface area contributed by atoms with Crippen molar-refractivity contribution in [1.82, 2.24) is 4.98 Å². The zero-order chi connectivity index (χ0) is 8.43. The van der Waals surface area contributed by atoms with E-state index >= 15 is 0 Å². The summed E-state index contributed by atoms with van der Waals surface area (Å²) in [6, 6.07) is 1.46. The number of carbonyl (C=O) groups is 1. The van der Waals surface area contributed by atoms with Crippen molar-refractivity contribution in [2.75, 3.05) is 0 Å². The summed E-state index contributed by atoms with van der Waals surface area (Å²) in [5.74, 6) is -0.975. The molecule has 0 unspecified atom stereocenters. The number of carboxylic acid groups (broad SMARTS) is 1. The summed E-state index contributed by atoms with van der Waals surface area (Å²) >= 11 is 7.92. The molecular weight excluding hydrogens is 230 g/mol. The van der Waals surface area contributed by atoms with Crippen molar-refractivity contribution in [3.63, 3.8) is 0 Å². The van der Waals surface area contributed by atoms with E-state index in [1.54, 1.807) is 0 Å². The molecule has 1 rings (SSSR count). The first-order chi connectivity index (χ1) is 5.11. The highest BCUT2D eigenvalue weighted by atomic mass is 79.9. The first-order valence-corrected chi connectivity index (χ1v) is 3.93. The Morgan fingerprint density at radius 2 is 2.36 bits per heavy atom. The molecule has 0 radical (unpaired) electrons. The van der Waals surface area contributed by atoms with Crippen molar-refractivity contribution in [2.24, 2.45) is 0 Å². The maximum absolute atomic E-state index is 10.4.